The molecule has 190 valence electrons. The first kappa shape index (κ1) is 31.2. The molecule has 0 heterocycles. The van der Waals surface area contributed by atoms with Crippen LogP contribution in [-0.4, -0.2) is 13.1 Å². The Morgan fingerprint density at radius 2 is 1.16 bits per heavy atom. The Balaban J connectivity index is 4.09. The number of carbonyl (C=O) groups is 1. The van der Waals surface area contributed by atoms with Gasteiger partial charge in [0.1, 0.15) is 0 Å². The average molecular weight is 451 g/mol. The topological polar surface area (TPSA) is 26.3 Å². The summed E-state index contributed by atoms with van der Waals surface area (Å²) in [4.78, 5) is 12.2. The molecule has 0 aliphatic heterocycles. The van der Waals surface area contributed by atoms with Crippen LogP contribution in [0.5, 0.6) is 0 Å². The molecule has 1 unspecified atom stereocenters. The molecule has 0 bridgehead atoms. The van der Waals surface area contributed by atoms with E-state index in [1.165, 1.54) is 123 Å². The fraction of sp³-hybridized carbons (Fsp3) is 0.900. The molecular formula is C30H58O2. The summed E-state index contributed by atoms with van der Waals surface area (Å²) in [6, 6.07) is 0. The van der Waals surface area contributed by atoms with E-state index >= 15 is 0 Å². The summed E-state index contributed by atoms with van der Waals surface area (Å²) in [5, 5.41) is 0. The SMILES string of the molecule is CCCCC/C=C\CCC(CCCCCCCCCCCCCC)CC(C)(C)C(=O)OC. The van der Waals surface area contributed by atoms with Crippen LogP contribution in [0.3, 0.4) is 0 Å². The van der Waals surface area contributed by atoms with Crippen LogP contribution >= 0.6 is 0 Å². The van der Waals surface area contributed by atoms with Gasteiger partial charge in [0.15, 0.2) is 0 Å². The van der Waals surface area contributed by atoms with Crippen LogP contribution in [0.4, 0.5) is 0 Å². The molecule has 0 fully saturated rings. The van der Waals surface area contributed by atoms with Gasteiger partial charge in [0.25, 0.3) is 0 Å². The molecule has 0 saturated heterocycles. The Morgan fingerprint density at radius 3 is 1.69 bits per heavy atom. The van der Waals surface area contributed by atoms with Crippen molar-refractivity contribution in [1.29, 1.82) is 0 Å². The van der Waals surface area contributed by atoms with Crippen molar-refractivity contribution >= 4 is 5.97 Å². The minimum atomic E-state index is -0.374. The zero-order chi connectivity index (χ0) is 23.9. The van der Waals surface area contributed by atoms with Crippen molar-refractivity contribution in [2.24, 2.45) is 11.3 Å². The molecule has 0 aliphatic carbocycles. The monoisotopic (exact) mass is 450 g/mol. The Labute approximate surface area is 202 Å². The molecule has 2 heteroatoms. The number of rotatable bonds is 23. The lowest BCUT2D eigenvalue weighted by atomic mass is 9.79. The predicted octanol–water partition coefficient (Wildman–Crippen LogP) is 10.2. The predicted molar refractivity (Wildman–Crippen MR) is 142 cm³/mol. The number of methoxy groups -OCH3 is 1. The molecule has 0 aromatic heterocycles. The molecule has 0 aromatic rings. The lowest BCUT2D eigenvalue weighted by molar-refractivity contribution is -0.151. The molecule has 0 aromatic carbocycles. The highest BCUT2D eigenvalue weighted by Crippen LogP contribution is 2.32. The van der Waals surface area contributed by atoms with E-state index in [2.05, 4.69) is 39.8 Å². The van der Waals surface area contributed by atoms with Gasteiger partial charge in [-0.05, 0) is 51.9 Å². The van der Waals surface area contributed by atoms with Gasteiger partial charge in [-0.3, -0.25) is 4.79 Å². The van der Waals surface area contributed by atoms with Crippen molar-refractivity contribution in [3.63, 3.8) is 0 Å². The van der Waals surface area contributed by atoms with Crippen molar-refractivity contribution in [2.75, 3.05) is 7.11 Å². The second-order valence-electron chi connectivity index (χ2n) is 10.7. The molecule has 0 saturated carbocycles. The average Bonchev–Trinajstić information content (AvgIpc) is 2.78. The molecule has 0 amide bonds. The van der Waals surface area contributed by atoms with Crippen LogP contribution in [0.1, 0.15) is 156 Å². The largest absolute Gasteiger partial charge is 0.469 e. The van der Waals surface area contributed by atoms with E-state index in [0.717, 1.165) is 12.8 Å². The maximum absolute atomic E-state index is 12.2. The molecule has 0 aliphatic rings. The minimum Gasteiger partial charge on any atom is -0.469 e. The molecule has 0 spiro atoms. The lowest BCUT2D eigenvalue weighted by Crippen LogP contribution is -2.28. The second kappa shape index (κ2) is 22.0. The van der Waals surface area contributed by atoms with Gasteiger partial charge in [-0.1, -0.05) is 122 Å². The third-order valence-corrected chi connectivity index (χ3v) is 6.89. The molecule has 0 rings (SSSR count). The van der Waals surface area contributed by atoms with Gasteiger partial charge >= 0.3 is 5.97 Å². The summed E-state index contributed by atoms with van der Waals surface area (Å²) in [6.07, 6.45) is 31.2. The highest BCUT2D eigenvalue weighted by Gasteiger charge is 2.31. The normalized spacial score (nSPS) is 13.0. The van der Waals surface area contributed by atoms with E-state index in [0.29, 0.717) is 5.92 Å². The van der Waals surface area contributed by atoms with Crippen LogP contribution in [-0.2, 0) is 9.53 Å². The maximum Gasteiger partial charge on any atom is 0.311 e. The van der Waals surface area contributed by atoms with E-state index in [9.17, 15) is 4.79 Å². The zero-order valence-corrected chi connectivity index (χ0v) is 22.7. The fourth-order valence-electron chi connectivity index (χ4n) is 4.78. The number of ether oxygens (including phenoxy) is 1. The van der Waals surface area contributed by atoms with E-state index < -0.39 is 0 Å². The third kappa shape index (κ3) is 18.8. The first-order valence-corrected chi connectivity index (χ1v) is 14.2. The lowest BCUT2D eigenvalue weighted by Gasteiger charge is -2.27. The van der Waals surface area contributed by atoms with Crippen LogP contribution in [0.2, 0.25) is 0 Å². The Bertz CT molecular complexity index is 438. The standard InChI is InChI=1S/C30H58O2/c1-6-8-10-12-14-15-16-17-18-20-22-24-26-28(27-30(3,4)29(31)32-5)25-23-21-19-13-11-9-7-2/h19,21,28H,6-18,20,22-27H2,1-5H3/b21-19-. The summed E-state index contributed by atoms with van der Waals surface area (Å²) >= 11 is 0. The van der Waals surface area contributed by atoms with Crippen molar-refractivity contribution in [1.82, 2.24) is 0 Å². The second-order valence-corrected chi connectivity index (χ2v) is 10.7. The molecule has 0 N–H and O–H groups in total. The van der Waals surface area contributed by atoms with Gasteiger partial charge in [0.05, 0.1) is 12.5 Å². The summed E-state index contributed by atoms with van der Waals surface area (Å²) < 4.78 is 5.06. The van der Waals surface area contributed by atoms with Gasteiger partial charge < -0.3 is 4.74 Å². The van der Waals surface area contributed by atoms with Crippen molar-refractivity contribution in [3.05, 3.63) is 12.2 Å². The molecule has 0 radical (unpaired) electrons. The molecule has 32 heavy (non-hydrogen) atoms. The number of unbranched alkanes of at least 4 members (excludes halogenated alkanes) is 14. The summed E-state index contributed by atoms with van der Waals surface area (Å²) in [5.41, 5.74) is -0.374. The van der Waals surface area contributed by atoms with E-state index in [-0.39, 0.29) is 11.4 Å². The van der Waals surface area contributed by atoms with Crippen molar-refractivity contribution < 1.29 is 9.53 Å². The molecular weight excluding hydrogens is 392 g/mol. The zero-order valence-electron chi connectivity index (χ0n) is 22.7. The summed E-state index contributed by atoms with van der Waals surface area (Å²) in [6.45, 7) is 8.64. The smallest absolute Gasteiger partial charge is 0.311 e. The quantitative estimate of drug-likeness (QED) is 0.0879. The maximum atomic E-state index is 12.2. The van der Waals surface area contributed by atoms with Crippen LogP contribution in [0.15, 0.2) is 12.2 Å². The molecule has 2 nitrogen and oxygen atoms in total. The van der Waals surface area contributed by atoms with E-state index in [1.54, 1.807) is 0 Å². The van der Waals surface area contributed by atoms with Crippen molar-refractivity contribution in [2.45, 2.75) is 156 Å². The summed E-state index contributed by atoms with van der Waals surface area (Å²) in [7, 11) is 1.52. The van der Waals surface area contributed by atoms with Crippen molar-refractivity contribution in [3.8, 4) is 0 Å². The highest BCUT2D eigenvalue weighted by atomic mass is 16.5. The van der Waals surface area contributed by atoms with Gasteiger partial charge in [0.2, 0.25) is 0 Å². The Hall–Kier alpha value is -0.790. The number of hydrogen-bond acceptors (Lipinski definition) is 2. The van der Waals surface area contributed by atoms with Crippen LogP contribution in [0.25, 0.3) is 0 Å². The summed E-state index contributed by atoms with van der Waals surface area (Å²) in [5.74, 6) is 0.555. The fourth-order valence-corrected chi connectivity index (χ4v) is 4.78. The number of allylic oxidation sites excluding steroid dienone is 2. The van der Waals surface area contributed by atoms with Gasteiger partial charge in [-0.15, -0.1) is 0 Å². The number of hydrogen-bond donors (Lipinski definition) is 0. The molecule has 1 atom stereocenters. The van der Waals surface area contributed by atoms with E-state index in [1.807, 2.05) is 0 Å². The van der Waals surface area contributed by atoms with Crippen LogP contribution in [0, 0.1) is 11.3 Å². The number of carbonyl (C=O) groups excluding carboxylic acids is 1. The van der Waals surface area contributed by atoms with Gasteiger partial charge in [-0.2, -0.15) is 0 Å². The first-order chi connectivity index (χ1) is 15.5. The van der Waals surface area contributed by atoms with E-state index in [4.69, 9.17) is 4.74 Å². The number of esters is 1. The van der Waals surface area contributed by atoms with Gasteiger partial charge in [-0.25, -0.2) is 0 Å². The Kier molecular flexibility index (Phi) is 21.5. The third-order valence-electron chi connectivity index (χ3n) is 6.89. The van der Waals surface area contributed by atoms with Gasteiger partial charge in [0, 0.05) is 0 Å². The Morgan fingerprint density at radius 1 is 0.688 bits per heavy atom. The first-order valence-electron chi connectivity index (χ1n) is 14.2. The minimum absolute atomic E-state index is 0.0627. The highest BCUT2D eigenvalue weighted by molar-refractivity contribution is 5.75. The van der Waals surface area contributed by atoms with Crippen LogP contribution < -0.4 is 0 Å².